The van der Waals surface area contributed by atoms with Crippen LogP contribution >= 0.6 is 15.9 Å². The van der Waals surface area contributed by atoms with Crippen LogP contribution in [0.1, 0.15) is 32.4 Å². The number of halogens is 1. The summed E-state index contributed by atoms with van der Waals surface area (Å²) in [7, 11) is 0. The first kappa shape index (κ1) is 15.1. The summed E-state index contributed by atoms with van der Waals surface area (Å²) >= 11 is 3.44. The minimum absolute atomic E-state index is 0.250. The Morgan fingerprint density at radius 2 is 2.25 bits per heavy atom. The van der Waals surface area contributed by atoms with Crippen LogP contribution in [-0.2, 0) is 10.3 Å². The molecule has 1 aromatic rings. The molecule has 0 radical (unpaired) electrons. The number of hydrogen-bond acceptors (Lipinski definition) is 3. The Morgan fingerprint density at radius 1 is 1.50 bits per heavy atom. The quantitative estimate of drug-likeness (QED) is 0.638. The summed E-state index contributed by atoms with van der Waals surface area (Å²) in [5.74, 6) is 0.484. The molecule has 1 saturated heterocycles. The van der Waals surface area contributed by atoms with Gasteiger partial charge in [0.1, 0.15) is 5.76 Å². The molecule has 5 nitrogen and oxygen atoms in total. The molecule has 2 rings (SSSR count). The molecule has 0 spiro atoms. The van der Waals surface area contributed by atoms with E-state index in [9.17, 15) is 9.59 Å². The van der Waals surface area contributed by atoms with Crippen LogP contribution in [0.2, 0.25) is 0 Å². The Labute approximate surface area is 126 Å². The number of urea groups is 1. The SMILES string of the molecule is CCCC(CBr)CN1C(=O)NC(C)(c2ccco2)C1=O. The number of carbonyl (C=O) groups excluding carboxylic acids is 2. The Kier molecular flexibility index (Phi) is 4.52. The number of alkyl halides is 1. The average molecular weight is 343 g/mol. The van der Waals surface area contributed by atoms with Crippen LogP contribution in [0.4, 0.5) is 4.79 Å². The van der Waals surface area contributed by atoms with Gasteiger partial charge in [0.25, 0.3) is 5.91 Å². The van der Waals surface area contributed by atoms with Crippen molar-refractivity contribution in [3.05, 3.63) is 24.2 Å². The van der Waals surface area contributed by atoms with Gasteiger partial charge in [-0.05, 0) is 31.4 Å². The number of furan rings is 1. The lowest BCUT2D eigenvalue weighted by atomic mass is 9.98. The molecule has 2 unspecified atom stereocenters. The molecule has 1 N–H and O–H groups in total. The van der Waals surface area contributed by atoms with Gasteiger partial charge >= 0.3 is 6.03 Å². The van der Waals surface area contributed by atoms with Crippen molar-refractivity contribution in [2.75, 3.05) is 11.9 Å². The van der Waals surface area contributed by atoms with Gasteiger partial charge in [-0.25, -0.2) is 4.79 Å². The second-order valence-corrected chi connectivity index (χ2v) is 5.90. The molecule has 6 heteroatoms. The lowest BCUT2D eigenvalue weighted by molar-refractivity contribution is -0.132. The predicted octanol–water partition coefficient (Wildman–Crippen LogP) is 2.86. The maximum absolute atomic E-state index is 12.6. The van der Waals surface area contributed by atoms with Crippen molar-refractivity contribution in [2.45, 2.75) is 32.2 Å². The van der Waals surface area contributed by atoms with Gasteiger partial charge in [0, 0.05) is 11.9 Å². The Hall–Kier alpha value is -1.30. The summed E-state index contributed by atoms with van der Waals surface area (Å²) in [4.78, 5) is 25.9. The number of nitrogens with zero attached hydrogens (tertiary/aromatic N) is 1. The molecule has 1 aromatic heterocycles. The van der Waals surface area contributed by atoms with Gasteiger partial charge in [0.2, 0.25) is 0 Å². The summed E-state index contributed by atoms with van der Waals surface area (Å²) in [5.41, 5.74) is -1.09. The zero-order valence-corrected chi connectivity index (χ0v) is 13.3. The van der Waals surface area contributed by atoms with E-state index >= 15 is 0 Å². The Bertz CT molecular complexity index is 489. The third-order valence-corrected chi connectivity index (χ3v) is 4.56. The van der Waals surface area contributed by atoms with Gasteiger partial charge < -0.3 is 9.73 Å². The Balaban J connectivity index is 2.17. The molecule has 0 aliphatic carbocycles. The molecule has 1 aliphatic heterocycles. The average Bonchev–Trinajstić information content (AvgIpc) is 3.02. The topological polar surface area (TPSA) is 62.6 Å². The number of imide groups is 1. The fourth-order valence-electron chi connectivity index (χ4n) is 2.48. The summed E-state index contributed by atoms with van der Waals surface area (Å²) in [6.07, 6.45) is 3.50. The van der Waals surface area contributed by atoms with Gasteiger partial charge in [-0.15, -0.1) is 0 Å². The summed E-state index contributed by atoms with van der Waals surface area (Å²) in [6.45, 7) is 4.20. The highest BCUT2D eigenvalue weighted by molar-refractivity contribution is 9.09. The number of amides is 3. The molecule has 110 valence electrons. The first-order valence-electron chi connectivity index (χ1n) is 6.77. The molecule has 2 heterocycles. The van der Waals surface area contributed by atoms with Crippen molar-refractivity contribution in [1.82, 2.24) is 10.2 Å². The standard InChI is InChI=1S/C14H19BrN2O3/c1-3-5-10(8-15)9-17-12(18)14(2,16-13(17)19)11-6-4-7-20-11/h4,6-7,10H,3,5,8-9H2,1-2H3,(H,16,19). The zero-order valence-electron chi connectivity index (χ0n) is 11.7. The van der Waals surface area contributed by atoms with E-state index in [0.717, 1.165) is 18.2 Å². The maximum atomic E-state index is 12.6. The molecule has 3 amide bonds. The van der Waals surface area contributed by atoms with Crippen molar-refractivity contribution in [3.63, 3.8) is 0 Å². The minimum Gasteiger partial charge on any atom is -0.466 e. The molecule has 20 heavy (non-hydrogen) atoms. The van der Waals surface area contributed by atoms with Crippen LogP contribution in [0.15, 0.2) is 22.8 Å². The molecule has 0 saturated carbocycles. The van der Waals surface area contributed by atoms with Gasteiger partial charge in [0.05, 0.1) is 6.26 Å². The predicted molar refractivity (Wildman–Crippen MR) is 78.5 cm³/mol. The van der Waals surface area contributed by atoms with Crippen molar-refractivity contribution < 1.29 is 14.0 Å². The smallest absolute Gasteiger partial charge is 0.325 e. The molecule has 1 fully saturated rings. The van der Waals surface area contributed by atoms with Crippen LogP contribution in [0.5, 0.6) is 0 Å². The van der Waals surface area contributed by atoms with Crippen LogP contribution in [-0.4, -0.2) is 28.7 Å². The monoisotopic (exact) mass is 342 g/mol. The lowest BCUT2D eigenvalue weighted by Crippen LogP contribution is -2.41. The molecule has 2 atom stereocenters. The lowest BCUT2D eigenvalue weighted by Gasteiger charge is -2.21. The highest BCUT2D eigenvalue weighted by Gasteiger charge is 2.51. The second kappa shape index (κ2) is 5.99. The van der Waals surface area contributed by atoms with Gasteiger partial charge in [-0.2, -0.15) is 0 Å². The van der Waals surface area contributed by atoms with Crippen LogP contribution < -0.4 is 5.32 Å². The number of carbonyl (C=O) groups is 2. The van der Waals surface area contributed by atoms with Gasteiger partial charge in [-0.1, -0.05) is 29.3 Å². The second-order valence-electron chi connectivity index (χ2n) is 5.26. The van der Waals surface area contributed by atoms with Crippen LogP contribution in [0.25, 0.3) is 0 Å². The van der Waals surface area contributed by atoms with E-state index in [-0.39, 0.29) is 17.9 Å². The van der Waals surface area contributed by atoms with E-state index in [1.165, 1.54) is 11.2 Å². The van der Waals surface area contributed by atoms with E-state index in [1.807, 2.05) is 0 Å². The molecule has 0 bridgehead atoms. The minimum atomic E-state index is -1.09. The third-order valence-electron chi connectivity index (χ3n) is 3.64. The highest BCUT2D eigenvalue weighted by Crippen LogP contribution is 2.30. The Morgan fingerprint density at radius 3 is 2.80 bits per heavy atom. The normalized spacial score (nSPS) is 24.1. The van der Waals surface area contributed by atoms with Crippen molar-refractivity contribution in [2.24, 2.45) is 5.92 Å². The van der Waals surface area contributed by atoms with E-state index in [1.54, 1.807) is 19.1 Å². The van der Waals surface area contributed by atoms with Crippen molar-refractivity contribution in [3.8, 4) is 0 Å². The molecule has 1 aliphatic rings. The number of hydrogen-bond donors (Lipinski definition) is 1. The van der Waals surface area contributed by atoms with Crippen molar-refractivity contribution in [1.29, 1.82) is 0 Å². The van der Waals surface area contributed by atoms with Crippen LogP contribution in [0.3, 0.4) is 0 Å². The summed E-state index contributed by atoms with van der Waals surface area (Å²) in [5, 5.41) is 3.51. The fraction of sp³-hybridized carbons (Fsp3) is 0.571. The van der Waals surface area contributed by atoms with E-state index in [0.29, 0.717) is 12.3 Å². The molecular formula is C14H19BrN2O3. The fourth-order valence-corrected chi connectivity index (χ4v) is 3.01. The van der Waals surface area contributed by atoms with E-state index < -0.39 is 5.54 Å². The largest absolute Gasteiger partial charge is 0.466 e. The van der Waals surface area contributed by atoms with E-state index in [4.69, 9.17) is 4.42 Å². The first-order chi connectivity index (χ1) is 9.52. The van der Waals surface area contributed by atoms with Gasteiger partial charge in [-0.3, -0.25) is 9.69 Å². The molecular weight excluding hydrogens is 324 g/mol. The zero-order chi connectivity index (χ0) is 14.8. The number of nitrogens with one attached hydrogen (secondary N) is 1. The number of rotatable bonds is 6. The summed E-state index contributed by atoms with van der Waals surface area (Å²) in [6, 6.07) is 3.06. The first-order valence-corrected chi connectivity index (χ1v) is 7.89. The van der Waals surface area contributed by atoms with Gasteiger partial charge in [0.15, 0.2) is 5.54 Å². The van der Waals surface area contributed by atoms with E-state index in [2.05, 4.69) is 28.2 Å². The van der Waals surface area contributed by atoms with Crippen molar-refractivity contribution >= 4 is 27.9 Å². The van der Waals surface area contributed by atoms with Crippen LogP contribution in [0, 0.1) is 5.92 Å². The highest BCUT2D eigenvalue weighted by atomic mass is 79.9. The third kappa shape index (κ3) is 2.61. The summed E-state index contributed by atoms with van der Waals surface area (Å²) < 4.78 is 5.29. The molecule has 0 aromatic carbocycles. The maximum Gasteiger partial charge on any atom is 0.325 e.